The van der Waals surface area contributed by atoms with Gasteiger partial charge < -0.3 is 10.4 Å². The van der Waals surface area contributed by atoms with Gasteiger partial charge in [-0.3, -0.25) is 20.2 Å². The Labute approximate surface area is 131 Å². The van der Waals surface area contributed by atoms with Gasteiger partial charge in [0.15, 0.2) is 5.75 Å². The Morgan fingerprint density at radius 3 is 2.08 bits per heavy atom. The van der Waals surface area contributed by atoms with Crippen LogP contribution >= 0.6 is 0 Å². The van der Waals surface area contributed by atoms with Crippen LogP contribution in [0.3, 0.4) is 0 Å². The molecule has 2 N–H and O–H groups in total. The molecule has 0 aliphatic rings. The van der Waals surface area contributed by atoms with Gasteiger partial charge in [-0.1, -0.05) is 0 Å². The first-order valence-corrected chi connectivity index (χ1v) is 6.19. The molecule has 8 nitrogen and oxygen atoms in total. The number of nitrogens with one attached hydrogen (secondary N) is 1. The quantitative estimate of drug-likeness (QED) is 0.640. The van der Waals surface area contributed by atoms with Crippen molar-refractivity contribution in [3.8, 4) is 5.75 Å². The fourth-order valence-electron chi connectivity index (χ4n) is 1.88. The van der Waals surface area contributed by atoms with Crippen LogP contribution < -0.4 is 5.32 Å². The van der Waals surface area contributed by atoms with E-state index in [4.69, 9.17) is 0 Å². The second-order valence-electron chi connectivity index (χ2n) is 4.57. The third-order valence-corrected chi connectivity index (χ3v) is 2.97. The number of benzene rings is 2. The SMILES string of the molecule is O=[N+]([O-])c1ccc(Nc2ccc(C(F)(F)F)cc2[N+](=O)[O-])cc1O. The van der Waals surface area contributed by atoms with E-state index in [1.54, 1.807) is 0 Å². The summed E-state index contributed by atoms with van der Waals surface area (Å²) in [7, 11) is 0. The third-order valence-electron chi connectivity index (χ3n) is 2.97. The Morgan fingerprint density at radius 2 is 1.58 bits per heavy atom. The molecule has 24 heavy (non-hydrogen) atoms. The first kappa shape index (κ1) is 17.0. The molecule has 0 fully saturated rings. The van der Waals surface area contributed by atoms with Gasteiger partial charge in [-0.25, -0.2) is 0 Å². The number of hydrogen-bond donors (Lipinski definition) is 2. The van der Waals surface area contributed by atoms with E-state index < -0.39 is 38.7 Å². The molecule has 0 amide bonds. The van der Waals surface area contributed by atoms with E-state index in [-0.39, 0.29) is 11.4 Å². The van der Waals surface area contributed by atoms with E-state index in [0.29, 0.717) is 12.1 Å². The smallest absolute Gasteiger partial charge is 0.416 e. The predicted octanol–water partition coefficient (Wildman–Crippen LogP) is 3.97. The Kier molecular flexibility index (Phi) is 4.26. The van der Waals surface area contributed by atoms with Crippen molar-refractivity contribution in [2.45, 2.75) is 6.18 Å². The topological polar surface area (TPSA) is 119 Å². The van der Waals surface area contributed by atoms with Gasteiger partial charge in [-0.05, 0) is 18.2 Å². The van der Waals surface area contributed by atoms with Gasteiger partial charge in [0.2, 0.25) is 0 Å². The van der Waals surface area contributed by atoms with Crippen molar-refractivity contribution in [1.82, 2.24) is 0 Å². The highest BCUT2D eigenvalue weighted by molar-refractivity contribution is 5.72. The first-order chi connectivity index (χ1) is 11.1. The van der Waals surface area contributed by atoms with Crippen LogP contribution in [0.15, 0.2) is 36.4 Å². The predicted molar refractivity (Wildman–Crippen MR) is 76.1 cm³/mol. The molecule has 0 aliphatic carbocycles. The van der Waals surface area contributed by atoms with Crippen LogP contribution in [-0.2, 0) is 6.18 Å². The van der Waals surface area contributed by atoms with Crippen LogP contribution in [0.4, 0.5) is 35.9 Å². The van der Waals surface area contributed by atoms with Crippen LogP contribution in [0.25, 0.3) is 0 Å². The first-order valence-electron chi connectivity index (χ1n) is 6.19. The number of phenols is 1. The molecule has 0 saturated heterocycles. The summed E-state index contributed by atoms with van der Waals surface area (Å²) in [6.07, 6.45) is -4.74. The van der Waals surface area contributed by atoms with Gasteiger partial charge in [0.05, 0.1) is 15.4 Å². The molecule has 0 bridgehead atoms. The zero-order valence-corrected chi connectivity index (χ0v) is 11.6. The average molecular weight is 343 g/mol. The molecule has 0 spiro atoms. The van der Waals surface area contributed by atoms with Crippen molar-refractivity contribution in [2.75, 3.05) is 5.32 Å². The number of phenolic OH excluding ortho intramolecular Hbond substituents is 1. The van der Waals surface area contributed by atoms with Crippen molar-refractivity contribution in [1.29, 1.82) is 0 Å². The van der Waals surface area contributed by atoms with E-state index >= 15 is 0 Å². The van der Waals surface area contributed by atoms with Crippen molar-refractivity contribution in [3.63, 3.8) is 0 Å². The van der Waals surface area contributed by atoms with Crippen LogP contribution in [-0.4, -0.2) is 15.0 Å². The molecule has 2 aromatic carbocycles. The monoisotopic (exact) mass is 343 g/mol. The van der Waals surface area contributed by atoms with Gasteiger partial charge in [-0.2, -0.15) is 13.2 Å². The summed E-state index contributed by atoms with van der Waals surface area (Å²) in [5.74, 6) is -0.695. The zero-order valence-electron chi connectivity index (χ0n) is 11.6. The number of hydrogen-bond acceptors (Lipinski definition) is 6. The van der Waals surface area contributed by atoms with E-state index in [1.807, 2.05) is 0 Å². The molecular weight excluding hydrogens is 335 g/mol. The van der Waals surface area contributed by atoms with Crippen LogP contribution in [0.5, 0.6) is 5.75 Å². The lowest BCUT2D eigenvalue weighted by atomic mass is 10.1. The normalized spacial score (nSPS) is 11.1. The Morgan fingerprint density at radius 1 is 0.958 bits per heavy atom. The highest BCUT2D eigenvalue weighted by Gasteiger charge is 2.33. The maximum atomic E-state index is 12.6. The second-order valence-corrected chi connectivity index (χ2v) is 4.57. The van der Waals surface area contributed by atoms with Crippen LogP contribution in [0, 0.1) is 20.2 Å². The summed E-state index contributed by atoms with van der Waals surface area (Å²) in [6, 6.07) is 4.92. The van der Waals surface area contributed by atoms with Crippen molar-refractivity contribution in [3.05, 3.63) is 62.2 Å². The Balaban J connectivity index is 2.41. The Hall–Kier alpha value is -3.37. The third kappa shape index (κ3) is 3.51. The van der Waals surface area contributed by atoms with Crippen molar-refractivity contribution < 1.29 is 28.1 Å². The minimum Gasteiger partial charge on any atom is -0.502 e. The fourth-order valence-corrected chi connectivity index (χ4v) is 1.88. The fraction of sp³-hybridized carbons (Fsp3) is 0.0769. The molecular formula is C13H8F3N3O5. The average Bonchev–Trinajstić information content (AvgIpc) is 2.45. The summed E-state index contributed by atoms with van der Waals surface area (Å²) in [6.45, 7) is 0. The van der Waals surface area contributed by atoms with Gasteiger partial charge in [0.25, 0.3) is 5.69 Å². The van der Waals surface area contributed by atoms with Gasteiger partial charge in [0.1, 0.15) is 5.69 Å². The molecule has 11 heteroatoms. The van der Waals surface area contributed by atoms with E-state index in [0.717, 1.165) is 24.3 Å². The van der Waals surface area contributed by atoms with Crippen molar-refractivity contribution >= 4 is 22.7 Å². The highest BCUT2D eigenvalue weighted by atomic mass is 19.4. The minimum absolute atomic E-state index is 0.0287. The highest BCUT2D eigenvalue weighted by Crippen LogP contribution is 2.37. The number of nitrogens with zero attached hydrogens (tertiary/aromatic N) is 2. The molecule has 0 atom stereocenters. The van der Waals surface area contributed by atoms with Gasteiger partial charge >= 0.3 is 11.9 Å². The molecule has 126 valence electrons. The molecule has 0 heterocycles. The van der Waals surface area contributed by atoms with Gasteiger partial charge in [0, 0.05) is 23.9 Å². The Bertz CT molecular complexity index is 823. The van der Waals surface area contributed by atoms with E-state index in [1.165, 1.54) is 0 Å². The number of aromatic hydroxyl groups is 1. The summed E-state index contributed by atoms with van der Waals surface area (Å²) in [4.78, 5) is 19.7. The molecule has 0 unspecified atom stereocenters. The molecule has 2 aromatic rings. The largest absolute Gasteiger partial charge is 0.502 e. The van der Waals surface area contributed by atoms with Crippen LogP contribution in [0.1, 0.15) is 5.56 Å². The van der Waals surface area contributed by atoms with Crippen molar-refractivity contribution in [2.24, 2.45) is 0 Å². The number of halogens is 3. The summed E-state index contributed by atoms with van der Waals surface area (Å²) in [5, 5.41) is 33.5. The summed E-state index contributed by atoms with van der Waals surface area (Å²) >= 11 is 0. The maximum absolute atomic E-state index is 12.6. The molecule has 0 aromatic heterocycles. The number of rotatable bonds is 4. The van der Waals surface area contributed by atoms with Gasteiger partial charge in [-0.15, -0.1) is 0 Å². The van der Waals surface area contributed by atoms with E-state index in [9.17, 15) is 38.5 Å². The maximum Gasteiger partial charge on any atom is 0.416 e. The lowest BCUT2D eigenvalue weighted by molar-refractivity contribution is -0.385. The molecule has 0 saturated carbocycles. The lowest BCUT2D eigenvalue weighted by Crippen LogP contribution is -2.06. The molecule has 0 radical (unpaired) electrons. The minimum atomic E-state index is -4.74. The number of nitro groups is 2. The zero-order chi connectivity index (χ0) is 18.1. The lowest BCUT2D eigenvalue weighted by Gasteiger charge is -2.11. The summed E-state index contributed by atoms with van der Waals surface area (Å²) in [5.41, 5.74) is -2.83. The standard InChI is InChI=1S/C13H8F3N3O5/c14-13(15,16)7-1-3-9(11(5-7)19(23)24)17-8-2-4-10(18(21)22)12(20)6-8/h1-6,17,20H. The van der Waals surface area contributed by atoms with E-state index in [2.05, 4.69) is 5.32 Å². The molecule has 2 rings (SSSR count). The number of nitro benzene ring substituents is 2. The number of alkyl halides is 3. The van der Waals surface area contributed by atoms with Crippen LogP contribution in [0.2, 0.25) is 0 Å². The second kappa shape index (κ2) is 6.02. The number of anilines is 2. The summed E-state index contributed by atoms with van der Waals surface area (Å²) < 4.78 is 37.9. The molecule has 0 aliphatic heterocycles.